The molecule has 0 aliphatic carbocycles. The summed E-state index contributed by atoms with van der Waals surface area (Å²) in [6.07, 6.45) is 1.41. The minimum atomic E-state index is -3.14. The van der Waals surface area contributed by atoms with Crippen LogP contribution in [0.25, 0.3) is 10.9 Å². The average molecular weight is 444 g/mol. The number of ether oxygens (including phenoxy) is 2. The maximum Gasteiger partial charge on any atom is 0.299 e. The molecule has 0 fully saturated rings. The first-order valence-electron chi connectivity index (χ1n) is 9.99. The quantitative estimate of drug-likeness (QED) is 0.616. The molecular weight excluding hydrogens is 418 g/mol. The summed E-state index contributed by atoms with van der Waals surface area (Å²) in [4.78, 5) is 9.08. The Balaban J connectivity index is 0.000000193. The van der Waals surface area contributed by atoms with Crippen LogP contribution in [0.3, 0.4) is 0 Å². The van der Waals surface area contributed by atoms with Crippen LogP contribution < -0.4 is 14.8 Å². The highest BCUT2D eigenvalue weighted by molar-refractivity contribution is 5.80. The van der Waals surface area contributed by atoms with Crippen molar-refractivity contribution in [2.45, 2.75) is 32.4 Å². The van der Waals surface area contributed by atoms with Crippen molar-refractivity contribution in [3.63, 3.8) is 0 Å². The van der Waals surface area contributed by atoms with E-state index in [0.717, 1.165) is 28.9 Å². The summed E-state index contributed by atoms with van der Waals surface area (Å²) in [7, 11) is 1.93. The van der Waals surface area contributed by atoms with E-state index in [0.29, 0.717) is 31.7 Å². The third-order valence-corrected chi connectivity index (χ3v) is 4.37. The lowest BCUT2D eigenvalue weighted by Gasteiger charge is -2.17. The van der Waals surface area contributed by atoms with Crippen molar-refractivity contribution in [1.29, 1.82) is 5.26 Å². The van der Waals surface area contributed by atoms with E-state index in [-0.39, 0.29) is 0 Å². The number of aldehydes is 1. The molecular formula is C23H26F2N4O3. The predicted molar refractivity (Wildman–Crippen MR) is 117 cm³/mol. The number of nitrogens with one attached hydrogen (secondary N) is 1. The van der Waals surface area contributed by atoms with Gasteiger partial charge in [0.25, 0.3) is 5.92 Å². The summed E-state index contributed by atoms with van der Waals surface area (Å²) in [6, 6.07) is 15.8. The van der Waals surface area contributed by atoms with E-state index in [9.17, 15) is 8.78 Å². The van der Waals surface area contributed by atoms with E-state index in [1.54, 1.807) is 6.20 Å². The van der Waals surface area contributed by atoms with Gasteiger partial charge in [0.15, 0.2) is 17.8 Å². The van der Waals surface area contributed by atoms with E-state index in [1.807, 2.05) is 54.2 Å². The van der Waals surface area contributed by atoms with Gasteiger partial charge in [-0.2, -0.15) is 19.1 Å². The normalized spacial score (nSPS) is 13.0. The monoisotopic (exact) mass is 444 g/mol. The van der Waals surface area contributed by atoms with Crippen molar-refractivity contribution >= 4 is 17.2 Å². The van der Waals surface area contributed by atoms with E-state index in [4.69, 9.17) is 19.5 Å². The molecule has 0 radical (unpaired) electrons. The highest BCUT2D eigenvalue weighted by atomic mass is 19.3. The molecule has 1 N–H and O–H groups in total. The van der Waals surface area contributed by atoms with Crippen LogP contribution in [-0.2, 0) is 11.3 Å². The maximum atomic E-state index is 11.1. The second kappa shape index (κ2) is 11.8. The fraction of sp³-hybridized carbons (Fsp3) is 0.348. The Labute approximate surface area is 185 Å². The Hall–Kier alpha value is -3.51. The highest BCUT2D eigenvalue weighted by Crippen LogP contribution is 2.28. The molecule has 0 saturated heterocycles. The minimum absolute atomic E-state index is 0.374. The lowest BCUT2D eigenvalue weighted by atomic mass is 10.2. The van der Waals surface area contributed by atoms with Crippen LogP contribution in [-0.4, -0.2) is 48.3 Å². The zero-order chi connectivity index (χ0) is 23.6. The summed E-state index contributed by atoms with van der Waals surface area (Å²) < 4.78 is 34.7. The first-order valence-corrected chi connectivity index (χ1v) is 9.99. The van der Waals surface area contributed by atoms with Crippen LogP contribution >= 0.6 is 0 Å². The van der Waals surface area contributed by atoms with Gasteiger partial charge in [-0.15, -0.1) is 0 Å². The summed E-state index contributed by atoms with van der Waals surface area (Å²) in [6.45, 7) is 4.80. The topological polar surface area (TPSA) is 89.2 Å². The van der Waals surface area contributed by atoms with E-state index in [1.165, 1.54) is 0 Å². The Morgan fingerprint density at radius 3 is 2.34 bits per heavy atom. The van der Waals surface area contributed by atoms with Crippen LogP contribution in [0.5, 0.6) is 11.5 Å². The van der Waals surface area contributed by atoms with Gasteiger partial charge in [-0.1, -0.05) is 12.1 Å². The second-order valence-electron chi connectivity index (χ2n) is 7.12. The number of alkyl halides is 2. The van der Waals surface area contributed by atoms with Crippen LogP contribution in [0.1, 0.15) is 19.4 Å². The largest absolute Gasteiger partial charge is 0.486 e. The zero-order valence-electron chi connectivity index (χ0n) is 18.2. The van der Waals surface area contributed by atoms with Gasteiger partial charge in [-0.3, -0.25) is 9.48 Å². The van der Waals surface area contributed by atoms with Gasteiger partial charge in [0, 0.05) is 18.4 Å². The van der Waals surface area contributed by atoms with Crippen molar-refractivity contribution in [2.75, 3.05) is 20.3 Å². The molecule has 1 unspecified atom stereocenters. The molecule has 4 rings (SSSR count). The molecule has 2 aromatic carbocycles. The predicted octanol–water partition coefficient (Wildman–Crippen LogP) is 3.81. The number of nitriles is 1. The van der Waals surface area contributed by atoms with Gasteiger partial charge < -0.3 is 14.8 Å². The van der Waals surface area contributed by atoms with Gasteiger partial charge in [-0.05, 0) is 44.3 Å². The molecule has 1 atom stereocenters. The molecule has 1 aromatic heterocycles. The smallest absolute Gasteiger partial charge is 0.299 e. The molecule has 32 heavy (non-hydrogen) atoms. The Morgan fingerprint density at radius 1 is 1.25 bits per heavy atom. The van der Waals surface area contributed by atoms with Crippen LogP contribution in [0.2, 0.25) is 0 Å². The Morgan fingerprint density at radius 2 is 1.84 bits per heavy atom. The molecule has 0 amide bonds. The summed E-state index contributed by atoms with van der Waals surface area (Å²) in [5.41, 5.74) is 1.75. The molecule has 170 valence electrons. The van der Waals surface area contributed by atoms with Crippen LogP contribution in [0.15, 0.2) is 48.7 Å². The van der Waals surface area contributed by atoms with Crippen molar-refractivity contribution < 1.29 is 23.0 Å². The molecule has 2 heterocycles. The fourth-order valence-electron chi connectivity index (χ4n) is 2.64. The highest BCUT2D eigenvalue weighted by Gasteiger charge is 2.17. The number of halogens is 2. The minimum Gasteiger partial charge on any atom is -0.486 e. The van der Waals surface area contributed by atoms with Crippen molar-refractivity contribution in [3.8, 4) is 17.6 Å². The molecule has 0 bridgehead atoms. The summed E-state index contributed by atoms with van der Waals surface area (Å²) >= 11 is 0. The lowest BCUT2D eigenvalue weighted by molar-refractivity contribution is -0.126. The van der Waals surface area contributed by atoms with Gasteiger partial charge in [-0.25, -0.2) is 0 Å². The number of likely N-dealkylation sites (N-methyl/N-ethyl adjacent to an activating group) is 1. The summed E-state index contributed by atoms with van der Waals surface area (Å²) in [5.74, 6) is -1.43. The maximum absolute atomic E-state index is 11.1. The van der Waals surface area contributed by atoms with Crippen molar-refractivity contribution in [1.82, 2.24) is 15.1 Å². The van der Waals surface area contributed by atoms with E-state index < -0.39 is 12.2 Å². The SMILES string of the molecule is CC(F)(F)C=O.CNC(C)Cn1ncc2cc(C#N)ccc21.c1ccc2c(c1)OCCO2. The zero-order valence-corrected chi connectivity index (χ0v) is 18.2. The molecule has 0 saturated carbocycles. The molecule has 9 heteroatoms. The molecule has 1 aliphatic rings. The number of carbonyl (C=O) groups is 1. The van der Waals surface area contributed by atoms with Gasteiger partial charge in [0.2, 0.25) is 0 Å². The molecule has 0 spiro atoms. The lowest BCUT2D eigenvalue weighted by Crippen LogP contribution is -2.27. The summed E-state index contributed by atoms with van der Waals surface area (Å²) in [5, 5.41) is 17.3. The third-order valence-electron chi connectivity index (χ3n) is 4.37. The molecule has 1 aliphatic heterocycles. The molecule has 3 aromatic rings. The van der Waals surface area contributed by atoms with E-state index >= 15 is 0 Å². The number of hydrogen-bond donors (Lipinski definition) is 1. The first-order chi connectivity index (χ1) is 15.3. The number of benzene rings is 2. The van der Waals surface area contributed by atoms with Crippen molar-refractivity contribution in [2.24, 2.45) is 0 Å². The number of para-hydroxylation sites is 2. The fourth-order valence-corrected chi connectivity index (χ4v) is 2.64. The standard InChI is InChI=1S/C12H14N4.C8H8O2.C3H4F2O/c1-9(14-2)8-16-12-4-3-10(6-13)5-11(12)7-15-16;1-2-4-8-7(3-1)9-5-6-10-8;1-3(4,5)2-6/h3-5,7,9,14H,8H2,1-2H3;1-4H,5-6H2;2H,1H3. The van der Waals surface area contributed by atoms with Gasteiger partial charge in [0.05, 0.1) is 29.9 Å². The Bertz CT molecular complexity index is 1030. The number of fused-ring (bicyclic) bond motifs is 2. The van der Waals surface area contributed by atoms with Crippen LogP contribution in [0, 0.1) is 11.3 Å². The van der Waals surface area contributed by atoms with Crippen LogP contribution in [0.4, 0.5) is 8.78 Å². The number of hydrogen-bond acceptors (Lipinski definition) is 6. The van der Waals surface area contributed by atoms with Gasteiger partial charge in [0.1, 0.15) is 13.2 Å². The number of rotatable bonds is 4. The second-order valence-corrected chi connectivity index (χ2v) is 7.12. The van der Waals surface area contributed by atoms with E-state index in [2.05, 4.69) is 23.4 Å². The van der Waals surface area contributed by atoms with Gasteiger partial charge >= 0.3 is 0 Å². The first kappa shape index (κ1) is 24.8. The Kier molecular flexibility index (Phi) is 9.10. The molecule has 7 nitrogen and oxygen atoms in total. The number of aromatic nitrogens is 2. The number of nitrogens with zero attached hydrogens (tertiary/aromatic N) is 3. The average Bonchev–Trinajstić information content (AvgIpc) is 3.21. The number of carbonyl (C=O) groups excluding carboxylic acids is 1. The third kappa shape index (κ3) is 7.63. The van der Waals surface area contributed by atoms with Crippen molar-refractivity contribution in [3.05, 3.63) is 54.2 Å².